The third-order valence-corrected chi connectivity index (χ3v) is 3.31. The van der Waals surface area contributed by atoms with Crippen molar-refractivity contribution in [2.24, 2.45) is 0 Å². The van der Waals surface area contributed by atoms with Gasteiger partial charge in [0.2, 0.25) is 5.89 Å². The van der Waals surface area contributed by atoms with Crippen molar-refractivity contribution in [3.05, 3.63) is 23.0 Å². The highest BCUT2D eigenvalue weighted by molar-refractivity contribution is 7.10. The number of rotatable bonds is 5. The summed E-state index contributed by atoms with van der Waals surface area (Å²) in [6.07, 6.45) is 0.644. The molecule has 0 aliphatic rings. The number of nitrogens with zero attached hydrogens (tertiary/aromatic N) is 3. The van der Waals surface area contributed by atoms with Crippen LogP contribution in [0.15, 0.2) is 4.52 Å². The fourth-order valence-electron chi connectivity index (χ4n) is 1.64. The molecule has 0 atom stereocenters. The number of hydrogen-bond donors (Lipinski definition) is 1. The first-order valence-electron chi connectivity index (χ1n) is 5.58. The molecule has 0 radical (unpaired) electrons. The molecule has 96 valence electrons. The fourth-order valence-corrected chi connectivity index (χ4v) is 2.50. The lowest BCUT2D eigenvalue weighted by molar-refractivity contribution is 0.101. The van der Waals surface area contributed by atoms with Crippen LogP contribution in [0, 0.1) is 13.8 Å². The van der Waals surface area contributed by atoms with Gasteiger partial charge < -0.3 is 9.84 Å². The molecule has 2 rings (SSSR count). The van der Waals surface area contributed by atoms with Crippen LogP contribution in [0.4, 0.5) is 5.00 Å². The van der Waals surface area contributed by atoms with E-state index in [2.05, 4.69) is 19.8 Å². The number of carbonyl (C=O) groups excluding carboxylic acids is 1. The summed E-state index contributed by atoms with van der Waals surface area (Å²) in [7, 11) is 0. The molecule has 7 heteroatoms. The summed E-state index contributed by atoms with van der Waals surface area (Å²) in [5.74, 6) is 1.24. The van der Waals surface area contributed by atoms with Crippen molar-refractivity contribution >= 4 is 22.3 Å². The topological polar surface area (TPSA) is 80.9 Å². The average Bonchev–Trinajstić information content (AvgIpc) is 2.86. The second kappa shape index (κ2) is 5.26. The number of ketones is 1. The van der Waals surface area contributed by atoms with Crippen LogP contribution in [0.3, 0.4) is 0 Å². The summed E-state index contributed by atoms with van der Waals surface area (Å²) in [6, 6.07) is 0. The number of aromatic nitrogens is 3. The molecule has 2 heterocycles. The molecule has 2 aromatic heterocycles. The zero-order chi connectivity index (χ0) is 13.1. The molecule has 0 aliphatic heterocycles. The first-order chi connectivity index (χ1) is 8.58. The van der Waals surface area contributed by atoms with Gasteiger partial charge in [0, 0.05) is 19.9 Å². The molecule has 0 saturated heterocycles. The quantitative estimate of drug-likeness (QED) is 0.834. The van der Waals surface area contributed by atoms with Crippen LogP contribution in [0.1, 0.15) is 34.7 Å². The van der Waals surface area contributed by atoms with Crippen LogP contribution >= 0.6 is 11.5 Å². The van der Waals surface area contributed by atoms with E-state index >= 15 is 0 Å². The molecule has 0 spiro atoms. The van der Waals surface area contributed by atoms with Crippen molar-refractivity contribution in [3.8, 4) is 0 Å². The Hall–Kier alpha value is -1.76. The van der Waals surface area contributed by atoms with Gasteiger partial charge in [-0.15, -0.1) is 0 Å². The van der Waals surface area contributed by atoms with Gasteiger partial charge in [0.1, 0.15) is 5.00 Å². The number of Topliss-reactive ketones (excluding diaryl/α,β-unsaturated/α-hetero) is 1. The van der Waals surface area contributed by atoms with Crippen molar-refractivity contribution in [2.45, 2.75) is 27.2 Å². The minimum Gasteiger partial charge on any atom is -0.375 e. The molecule has 0 fully saturated rings. The van der Waals surface area contributed by atoms with E-state index in [9.17, 15) is 4.79 Å². The van der Waals surface area contributed by atoms with Crippen molar-refractivity contribution in [3.63, 3.8) is 0 Å². The molecule has 18 heavy (non-hydrogen) atoms. The van der Waals surface area contributed by atoms with Crippen molar-refractivity contribution in [1.82, 2.24) is 14.5 Å². The van der Waals surface area contributed by atoms with Gasteiger partial charge in [-0.05, 0) is 25.4 Å². The predicted octanol–water partition coefficient (Wildman–Crippen LogP) is 2.00. The summed E-state index contributed by atoms with van der Waals surface area (Å²) in [6.45, 7) is 5.77. The molecule has 1 N–H and O–H groups in total. The highest BCUT2D eigenvalue weighted by Gasteiger charge is 2.14. The number of nitrogens with one attached hydrogen (secondary N) is 1. The van der Waals surface area contributed by atoms with Crippen molar-refractivity contribution < 1.29 is 9.32 Å². The largest absolute Gasteiger partial charge is 0.375 e. The SMILES string of the molecule is CC(=O)c1c(C)nsc1NCCc1noc(C)n1. The Morgan fingerprint density at radius 2 is 2.22 bits per heavy atom. The van der Waals surface area contributed by atoms with Crippen LogP contribution in [0.25, 0.3) is 0 Å². The van der Waals surface area contributed by atoms with E-state index in [-0.39, 0.29) is 5.78 Å². The van der Waals surface area contributed by atoms with E-state index in [1.54, 1.807) is 13.8 Å². The summed E-state index contributed by atoms with van der Waals surface area (Å²) in [5.41, 5.74) is 1.44. The summed E-state index contributed by atoms with van der Waals surface area (Å²) < 4.78 is 9.06. The number of anilines is 1. The van der Waals surface area contributed by atoms with E-state index in [4.69, 9.17) is 4.52 Å². The normalized spacial score (nSPS) is 10.6. The van der Waals surface area contributed by atoms with E-state index < -0.39 is 0 Å². The minimum absolute atomic E-state index is 0.0270. The monoisotopic (exact) mass is 266 g/mol. The Morgan fingerprint density at radius 3 is 2.83 bits per heavy atom. The molecule has 0 aromatic carbocycles. The Labute approximate surface area is 109 Å². The molecule has 0 bridgehead atoms. The Morgan fingerprint density at radius 1 is 1.44 bits per heavy atom. The molecule has 2 aromatic rings. The zero-order valence-corrected chi connectivity index (χ0v) is 11.3. The van der Waals surface area contributed by atoms with Gasteiger partial charge in [-0.2, -0.15) is 9.36 Å². The lowest BCUT2D eigenvalue weighted by atomic mass is 10.2. The van der Waals surface area contributed by atoms with E-state index in [1.165, 1.54) is 11.5 Å². The first-order valence-corrected chi connectivity index (χ1v) is 6.35. The number of aryl methyl sites for hydroxylation is 2. The lowest BCUT2D eigenvalue weighted by Crippen LogP contribution is -2.07. The van der Waals surface area contributed by atoms with Gasteiger partial charge in [0.05, 0.1) is 11.3 Å². The summed E-state index contributed by atoms with van der Waals surface area (Å²) in [5, 5.41) is 7.80. The summed E-state index contributed by atoms with van der Waals surface area (Å²) >= 11 is 1.30. The van der Waals surface area contributed by atoms with Crippen LogP contribution in [0.2, 0.25) is 0 Å². The van der Waals surface area contributed by atoms with Gasteiger partial charge in [-0.3, -0.25) is 4.79 Å². The zero-order valence-electron chi connectivity index (χ0n) is 10.5. The molecule has 0 amide bonds. The standard InChI is InChI=1S/C11H14N4O2S/c1-6-10(7(2)16)11(18-15-6)12-5-4-9-13-8(3)17-14-9/h12H,4-5H2,1-3H3. The maximum atomic E-state index is 11.5. The molecular formula is C11H14N4O2S. The highest BCUT2D eigenvalue weighted by atomic mass is 32.1. The third kappa shape index (κ3) is 2.73. The van der Waals surface area contributed by atoms with Gasteiger partial charge in [-0.25, -0.2) is 0 Å². The van der Waals surface area contributed by atoms with Crippen LogP contribution in [-0.4, -0.2) is 26.8 Å². The van der Waals surface area contributed by atoms with Gasteiger partial charge in [0.25, 0.3) is 0 Å². The Balaban J connectivity index is 1.96. The second-order valence-electron chi connectivity index (χ2n) is 3.93. The highest BCUT2D eigenvalue weighted by Crippen LogP contribution is 2.24. The Bertz CT molecular complexity index is 561. The minimum atomic E-state index is 0.0270. The molecule has 0 unspecified atom stereocenters. The van der Waals surface area contributed by atoms with Crippen LogP contribution in [-0.2, 0) is 6.42 Å². The summed E-state index contributed by atoms with van der Waals surface area (Å²) in [4.78, 5) is 15.6. The third-order valence-electron chi connectivity index (χ3n) is 2.42. The fraction of sp³-hybridized carbons (Fsp3) is 0.455. The van der Waals surface area contributed by atoms with E-state index in [0.717, 1.165) is 10.7 Å². The Kier molecular flexibility index (Phi) is 3.71. The molecular weight excluding hydrogens is 252 g/mol. The van der Waals surface area contributed by atoms with Crippen molar-refractivity contribution in [1.29, 1.82) is 0 Å². The lowest BCUT2D eigenvalue weighted by Gasteiger charge is -2.03. The second-order valence-corrected chi connectivity index (χ2v) is 4.71. The molecule has 0 saturated carbocycles. The molecule has 6 nitrogen and oxygen atoms in total. The number of carbonyl (C=O) groups is 1. The van der Waals surface area contributed by atoms with E-state index in [1.807, 2.05) is 6.92 Å². The predicted molar refractivity (Wildman–Crippen MR) is 68.1 cm³/mol. The maximum absolute atomic E-state index is 11.5. The maximum Gasteiger partial charge on any atom is 0.223 e. The van der Waals surface area contributed by atoms with Gasteiger partial charge >= 0.3 is 0 Å². The van der Waals surface area contributed by atoms with Crippen LogP contribution < -0.4 is 5.32 Å². The van der Waals surface area contributed by atoms with Crippen molar-refractivity contribution in [2.75, 3.05) is 11.9 Å². The first kappa shape index (κ1) is 12.7. The smallest absolute Gasteiger partial charge is 0.223 e. The average molecular weight is 266 g/mol. The number of hydrogen-bond acceptors (Lipinski definition) is 7. The van der Waals surface area contributed by atoms with Crippen LogP contribution in [0.5, 0.6) is 0 Å². The van der Waals surface area contributed by atoms with Gasteiger partial charge in [-0.1, -0.05) is 5.16 Å². The van der Waals surface area contributed by atoms with Gasteiger partial charge in [0.15, 0.2) is 11.6 Å². The molecule has 0 aliphatic carbocycles. The van der Waals surface area contributed by atoms with E-state index in [0.29, 0.717) is 30.2 Å².